The van der Waals surface area contributed by atoms with Gasteiger partial charge in [0.25, 0.3) is 0 Å². The van der Waals surface area contributed by atoms with E-state index in [2.05, 4.69) is 27.1 Å². The lowest BCUT2D eigenvalue weighted by molar-refractivity contribution is -0.0109. The van der Waals surface area contributed by atoms with Crippen molar-refractivity contribution >= 4 is 5.82 Å². The SMILES string of the molecule is COc1ncc(-c2ccc(-c3ncc(N(C)[C@H]4C[C@@H]5CCC[C@@](C)(C5)[C@H]4F)nn3)c(O)c2)cc1F. The summed E-state index contributed by atoms with van der Waals surface area (Å²) in [7, 11) is 3.19. The molecule has 2 aromatic heterocycles. The summed E-state index contributed by atoms with van der Waals surface area (Å²) >= 11 is 0. The number of anilines is 1. The molecule has 2 saturated carbocycles. The highest BCUT2D eigenvalue weighted by molar-refractivity contribution is 5.72. The summed E-state index contributed by atoms with van der Waals surface area (Å²) in [6, 6.07) is 5.90. The summed E-state index contributed by atoms with van der Waals surface area (Å²) in [4.78, 5) is 10.2. The lowest BCUT2D eigenvalue weighted by Crippen LogP contribution is -2.54. The number of benzene rings is 1. The number of pyridine rings is 1. The second-order valence-electron chi connectivity index (χ2n) is 10.0. The molecular formula is C26H29F2N5O2. The van der Waals surface area contributed by atoms with Crippen LogP contribution in [0.4, 0.5) is 14.6 Å². The maximum atomic E-state index is 15.5. The number of phenolic OH excluding ortho intramolecular Hbond substituents is 1. The number of fused-ring (bicyclic) bond motifs is 2. The Bertz CT molecular complexity index is 1220. The van der Waals surface area contributed by atoms with E-state index in [4.69, 9.17) is 4.74 Å². The summed E-state index contributed by atoms with van der Waals surface area (Å²) in [6.07, 6.45) is 7.04. The molecule has 1 N–H and O–H groups in total. The molecule has 0 amide bonds. The van der Waals surface area contributed by atoms with Crippen LogP contribution >= 0.6 is 0 Å². The molecule has 3 aromatic rings. The number of alkyl halides is 1. The van der Waals surface area contributed by atoms with Crippen molar-refractivity contribution in [3.8, 4) is 34.1 Å². The molecular weight excluding hydrogens is 452 g/mol. The highest BCUT2D eigenvalue weighted by Gasteiger charge is 2.49. The first-order valence-electron chi connectivity index (χ1n) is 11.9. The topological polar surface area (TPSA) is 84.3 Å². The number of phenols is 1. The first-order valence-corrected chi connectivity index (χ1v) is 11.9. The van der Waals surface area contributed by atoms with Crippen molar-refractivity contribution in [3.05, 3.63) is 42.5 Å². The van der Waals surface area contributed by atoms with Gasteiger partial charge < -0.3 is 14.7 Å². The molecule has 0 spiro atoms. The molecule has 4 atom stereocenters. The quantitative estimate of drug-likeness (QED) is 0.536. The third-order valence-electron chi connectivity index (χ3n) is 7.67. The summed E-state index contributed by atoms with van der Waals surface area (Å²) in [5, 5.41) is 19.1. The molecule has 0 unspecified atom stereocenters. The van der Waals surface area contributed by atoms with Gasteiger partial charge in [0.1, 0.15) is 11.9 Å². The molecule has 9 heteroatoms. The van der Waals surface area contributed by atoms with Gasteiger partial charge in [-0.2, -0.15) is 0 Å². The lowest BCUT2D eigenvalue weighted by Gasteiger charge is -2.51. The number of hydrogen-bond donors (Lipinski definition) is 1. The minimum atomic E-state index is -0.931. The van der Waals surface area contributed by atoms with E-state index in [1.165, 1.54) is 25.4 Å². The van der Waals surface area contributed by atoms with E-state index >= 15 is 4.39 Å². The molecule has 2 fully saturated rings. The minimum absolute atomic E-state index is 0.0708. The Balaban J connectivity index is 1.35. The number of hydrogen-bond acceptors (Lipinski definition) is 7. The smallest absolute Gasteiger partial charge is 0.250 e. The van der Waals surface area contributed by atoms with Crippen LogP contribution in [0.3, 0.4) is 0 Å². The highest BCUT2D eigenvalue weighted by atomic mass is 19.1. The van der Waals surface area contributed by atoms with Crippen molar-refractivity contribution in [2.24, 2.45) is 11.3 Å². The van der Waals surface area contributed by atoms with Gasteiger partial charge in [-0.3, -0.25) is 0 Å². The first-order chi connectivity index (χ1) is 16.8. The van der Waals surface area contributed by atoms with Gasteiger partial charge in [0, 0.05) is 24.2 Å². The molecule has 0 aliphatic heterocycles. The van der Waals surface area contributed by atoms with Gasteiger partial charge in [-0.25, -0.2) is 18.7 Å². The summed E-state index contributed by atoms with van der Waals surface area (Å²) in [5.74, 6) is 0.530. The van der Waals surface area contributed by atoms with Crippen molar-refractivity contribution in [3.63, 3.8) is 0 Å². The maximum Gasteiger partial charge on any atom is 0.250 e. The van der Waals surface area contributed by atoms with Crippen LogP contribution in [0, 0.1) is 17.2 Å². The summed E-state index contributed by atoms with van der Waals surface area (Å²) < 4.78 is 34.4. The Morgan fingerprint density at radius 3 is 2.66 bits per heavy atom. The molecule has 5 rings (SSSR count). The Morgan fingerprint density at radius 1 is 1.14 bits per heavy atom. The highest BCUT2D eigenvalue weighted by Crippen LogP contribution is 2.51. The minimum Gasteiger partial charge on any atom is -0.507 e. The molecule has 2 aliphatic carbocycles. The molecule has 2 aliphatic rings. The fourth-order valence-electron chi connectivity index (χ4n) is 5.75. The second kappa shape index (κ2) is 9.02. The van der Waals surface area contributed by atoms with Gasteiger partial charge >= 0.3 is 0 Å². The van der Waals surface area contributed by atoms with Crippen LogP contribution in [0.15, 0.2) is 36.7 Å². The van der Waals surface area contributed by atoms with Gasteiger partial charge in [0.05, 0.1) is 24.9 Å². The third-order valence-corrected chi connectivity index (χ3v) is 7.67. The summed E-state index contributed by atoms with van der Waals surface area (Å²) in [6.45, 7) is 2.07. The Morgan fingerprint density at radius 2 is 1.97 bits per heavy atom. The standard InChI is InChI=1S/C26H29F2N5O2/c1-26-8-4-5-15(12-26)9-20(23(26)28)33(2)22-14-29-24(32-31-22)18-7-6-16(11-21(18)34)17-10-19(27)25(35-3)30-13-17/h6-7,10-11,13-15,20,23,34H,4-5,8-9,12H2,1-3H3/t15-,20-,23-,26-/m0/s1. The zero-order valence-electron chi connectivity index (χ0n) is 20.1. The number of halogens is 2. The number of ether oxygens (including phenoxy) is 1. The van der Waals surface area contributed by atoms with E-state index in [1.54, 1.807) is 18.3 Å². The van der Waals surface area contributed by atoms with Crippen molar-refractivity contribution in [1.29, 1.82) is 0 Å². The number of aromatic nitrogens is 4. The van der Waals surface area contributed by atoms with E-state index in [-0.39, 0.29) is 28.9 Å². The Hall–Kier alpha value is -3.36. The molecule has 7 nitrogen and oxygen atoms in total. The predicted molar refractivity (Wildman–Crippen MR) is 128 cm³/mol. The maximum absolute atomic E-state index is 15.5. The fraction of sp³-hybridized carbons (Fsp3) is 0.462. The van der Waals surface area contributed by atoms with Crippen LogP contribution in [0.1, 0.15) is 39.0 Å². The van der Waals surface area contributed by atoms with Gasteiger partial charge in [0.2, 0.25) is 5.88 Å². The fourth-order valence-corrected chi connectivity index (χ4v) is 5.75. The first kappa shape index (κ1) is 23.4. The van der Waals surface area contributed by atoms with Gasteiger partial charge in [-0.1, -0.05) is 25.8 Å². The predicted octanol–water partition coefficient (Wildman–Crippen LogP) is 5.20. The van der Waals surface area contributed by atoms with Gasteiger partial charge in [-0.15, -0.1) is 10.2 Å². The van der Waals surface area contributed by atoms with Crippen molar-refractivity contribution < 1.29 is 18.6 Å². The second-order valence-corrected chi connectivity index (χ2v) is 10.0. The van der Waals surface area contributed by atoms with E-state index < -0.39 is 12.0 Å². The van der Waals surface area contributed by atoms with E-state index in [1.807, 2.05) is 11.9 Å². The van der Waals surface area contributed by atoms with Gasteiger partial charge in [0.15, 0.2) is 17.5 Å². The zero-order valence-corrected chi connectivity index (χ0v) is 20.1. The monoisotopic (exact) mass is 481 g/mol. The lowest BCUT2D eigenvalue weighted by atomic mass is 9.60. The van der Waals surface area contributed by atoms with Crippen LogP contribution in [0.5, 0.6) is 11.6 Å². The average molecular weight is 482 g/mol. The van der Waals surface area contributed by atoms with Crippen LogP contribution in [-0.4, -0.2) is 51.6 Å². The molecule has 184 valence electrons. The van der Waals surface area contributed by atoms with Crippen molar-refractivity contribution in [1.82, 2.24) is 20.2 Å². The van der Waals surface area contributed by atoms with Crippen molar-refractivity contribution in [2.75, 3.05) is 19.1 Å². The van der Waals surface area contributed by atoms with E-state index in [0.717, 1.165) is 32.1 Å². The van der Waals surface area contributed by atoms with Crippen LogP contribution in [0.25, 0.3) is 22.5 Å². The Labute approximate surface area is 203 Å². The zero-order chi connectivity index (χ0) is 24.7. The number of rotatable bonds is 5. The number of aromatic hydroxyl groups is 1. The normalized spacial score (nSPS) is 25.8. The molecule has 2 bridgehead atoms. The summed E-state index contributed by atoms with van der Waals surface area (Å²) in [5.41, 5.74) is 1.18. The largest absolute Gasteiger partial charge is 0.507 e. The molecule has 0 radical (unpaired) electrons. The van der Waals surface area contributed by atoms with Crippen LogP contribution in [0.2, 0.25) is 0 Å². The molecule has 2 heterocycles. The Kier molecular flexibility index (Phi) is 6.02. The van der Waals surface area contributed by atoms with E-state index in [9.17, 15) is 9.50 Å². The third kappa shape index (κ3) is 4.28. The molecule has 35 heavy (non-hydrogen) atoms. The molecule has 1 aromatic carbocycles. The van der Waals surface area contributed by atoms with Gasteiger partial charge in [-0.05, 0) is 48.9 Å². The number of nitrogens with zero attached hydrogens (tertiary/aromatic N) is 5. The van der Waals surface area contributed by atoms with E-state index in [0.29, 0.717) is 28.4 Å². The number of methoxy groups -OCH3 is 1. The van der Waals surface area contributed by atoms with Crippen LogP contribution < -0.4 is 9.64 Å². The van der Waals surface area contributed by atoms with Crippen molar-refractivity contribution in [2.45, 2.75) is 51.2 Å². The van der Waals surface area contributed by atoms with Crippen LogP contribution in [-0.2, 0) is 0 Å². The average Bonchev–Trinajstić information content (AvgIpc) is 2.86. The molecule has 0 saturated heterocycles.